The van der Waals surface area contributed by atoms with Gasteiger partial charge in [0, 0.05) is 63.2 Å². The van der Waals surface area contributed by atoms with Crippen molar-refractivity contribution >= 4 is 51.2 Å². The third-order valence-electron chi connectivity index (χ3n) is 8.16. The molecule has 52 heavy (non-hydrogen) atoms. The molecule has 9 N–H and O–H groups in total. The van der Waals surface area contributed by atoms with Gasteiger partial charge in [-0.25, -0.2) is 4.79 Å². The first kappa shape index (κ1) is 45.9. The zero-order chi connectivity index (χ0) is 38.4. The molecule has 2 aliphatic rings. The number of aliphatic hydroxyl groups excluding tert-OH is 4. The number of nitrogens with one attached hydrogen (secondary N) is 4. The molecule has 7 atom stereocenters. The second kappa shape index (κ2) is 25.7. The van der Waals surface area contributed by atoms with Crippen LogP contribution in [0.4, 0.5) is 0 Å². The lowest BCUT2D eigenvalue weighted by atomic mass is 9.88. The highest BCUT2D eigenvalue weighted by Crippen LogP contribution is 2.40. The maximum atomic E-state index is 12.2. The van der Waals surface area contributed by atoms with E-state index in [0.29, 0.717) is 32.8 Å². The summed E-state index contributed by atoms with van der Waals surface area (Å²) in [5.41, 5.74) is 0. The number of aliphatic carboxylic acids is 1. The molecular formula is C32H56N4O14S2. The molecule has 0 aromatic rings. The number of carbonyl (C=O) groups excluding carboxylic acids is 4. The number of hydrogen-bond donors (Lipinski definition) is 9. The highest BCUT2D eigenvalue weighted by molar-refractivity contribution is 8.77. The summed E-state index contributed by atoms with van der Waals surface area (Å²) in [4.78, 5) is 59.9. The summed E-state index contributed by atoms with van der Waals surface area (Å²) < 4.78 is 21.8. The molecule has 2 fully saturated rings. The van der Waals surface area contributed by atoms with Gasteiger partial charge in [0.1, 0.15) is 18.3 Å². The Hall–Kier alpha value is -2.27. The van der Waals surface area contributed by atoms with Crippen molar-refractivity contribution in [3.63, 3.8) is 0 Å². The molecule has 0 radical (unpaired) electrons. The first-order valence-electron chi connectivity index (χ1n) is 17.6. The van der Waals surface area contributed by atoms with Crippen molar-refractivity contribution in [2.45, 2.75) is 106 Å². The van der Waals surface area contributed by atoms with E-state index in [-0.39, 0.29) is 57.4 Å². The van der Waals surface area contributed by atoms with E-state index in [1.54, 1.807) is 0 Å². The van der Waals surface area contributed by atoms with Gasteiger partial charge in [-0.3, -0.25) is 19.2 Å². The molecule has 2 saturated heterocycles. The SMILES string of the molecule is CC(=O)N[C@H]1[C@H]([C@H](O)[C@H](O)CO)O[C@@](OCCCNC(=O)CCC(=O)NCCOCCOCCNC(=O)CCCCC2CCSS2)(C(=O)O)C[C@@H]1O. The lowest BCUT2D eigenvalue weighted by molar-refractivity contribution is -0.311. The summed E-state index contributed by atoms with van der Waals surface area (Å²) in [6.07, 6.45) is -2.63. The lowest BCUT2D eigenvalue weighted by Crippen LogP contribution is -2.67. The number of ether oxygens (including phenoxy) is 4. The van der Waals surface area contributed by atoms with Gasteiger partial charge in [-0.2, -0.15) is 0 Å². The zero-order valence-electron chi connectivity index (χ0n) is 29.6. The molecule has 0 bridgehead atoms. The Morgan fingerprint density at radius 2 is 1.48 bits per heavy atom. The van der Waals surface area contributed by atoms with Crippen molar-refractivity contribution in [1.82, 2.24) is 21.3 Å². The molecule has 2 rings (SSSR count). The predicted octanol–water partition coefficient (Wildman–Crippen LogP) is -1.58. The molecule has 20 heteroatoms. The van der Waals surface area contributed by atoms with Crippen molar-refractivity contribution < 1.29 is 68.5 Å². The Balaban J connectivity index is 1.51. The summed E-state index contributed by atoms with van der Waals surface area (Å²) in [5, 5.41) is 61.3. The molecule has 0 aromatic heterocycles. The molecule has 4 amide bonds. The van der Waals surface area contributed by atoms with Crippen LogP contribution in [0.2, 0.25) is 0 Å². The number of hydrogen-bond acceptors (Lipinski definition) is 15. The maximum absolute atomic E-state index is 12.2. The summed E-state index contributed by atoms with van der Waals surface area (Å²) in [7, 11) is 3.89. The van der Waals surface area contributed by atoms with Crippen LogP contribution >= 0.6 is 21.6 Å². The van der Waals surface area contributed by atoms with Crippen LogP contribution in [0.15, 0.2) is 0 Å². The van der Waals surface area contributed by atoms with Gasteiger partial charge in [0.05, 0.1) is 51.8 Å². The van der Waals surface area contributed by atoms with Crippen molar-refractivity contribution in [2.75, 3.05) is 65.0 Å². The maximum Gasteiger partial charge on any atom is 0.364 e. The van der Waals surface area contributed by atoms with Gasteiger partial charge in [0.25, 0.3) is 5.79 Å². The Morgan fingerprint density at radius 1 is 0.865 bits per heavy atom. The van der Waals surface area contributed by atoms with Crippen LogP contribution in [0.5, 0.6) is 0 Å². The Morgan fingerprint density at radius 3 is 2.04 bits per heavy atom. The van der Waals surface area contributed by atoms with E-state index in [1.165, 1.54) is 18.6 Å². The second-order valence-electron chi connectivity index (χ2n) is 12.4. The molecule has 0 spiro atoms. The van der Waals surface area contributed by atoms with E-state index in [9.17, 15) is 49.5 Å². The fourth-order valence-corrected chi connectivity index (χ4v) is 8.40. The van der Waals surface area contributed by atoms with E-state index in [2.05, 4.69) is 21.3 Å². The number of carboxylic acids is 1. The third kappa shape index (κ3) is 17.7. The Labute approximate surface area is 311 Å². The number of rotatable bonds is 27. The minimum Gasteiger partial charge on any atom is -0.477 e. The molecule has 0 aliphatic carbocycles. The van der Waals surface area contributed by atoms with Crippen molar-refractivity contribution in [3.05, 3.63) is 0 Å². The van der Waals surface area contributed by atoms with Crippen molar-refractivity contribution in [2.24, 2.45) is 0 Å². The highest BCUT2D eigenvalue weighted by Gasteiger charge is 2.55. The quantitative estimate of drug-likeness (QED) is 0.0336. The molecule has 0 saturated carbocycles. The highest BCUT2D eigenvalue weighted by atomic mass is 33.1. The zero-order valence-corrected chi connectivity index (χ0v) is 31.3. The third-order valence-corrected chi connectivity index (χ3v) is 11.2. The standard InChI is InChI=1S/C32H56N4O14S2/c1-21(38)36-28-23(39)19-32(31(45)46,50-30(28)29(44)24(40)20-37)49-13-4-10-33-26(42)7-8-27(43)35-12-15-48-17-16-47-14-11-34-25(41)6-3-2-5-22-9-18-51-52-22/h22-24,28-30,37,39-40,44H,2-20H2,1H3,(H,33,42)(H,34,41)(H,35,43)(H,36,38)(H,45,46)/t22?,23-,24+,28+,29+,30+,32+/m0/s1. The molecule has 2 heterocycles. The molecule has 300 valence electrons. The summed E-state index contributed by atoms with van der Waals surface area (Å²) >= 11 is 0. The van der Waals surface area contributed by atoms with Crippen LogP contribution in [0.1, 0.15) is 64.7 Å². The van der Waals surface area contributed by atoms with E-state index in [1.807, 2.05) is 21.6 Å². The van der Waals surface area contributed by atoms with Crippen LogP contribution in [0, 0.1) is 0 Å². The topological polar surface area (TPSA) is 272 Å². The van der Waals surface area contributed by atoms with Gasteiger partial charge < -0.3 is 65.7 Å². The largest absolute Gasteiger partial charge is 0.477 e. The number of amides is 4. The Bertz CT molecular complexity index is 1110. The van der Waals surface area contributed by atoms with Crippen LogP contribution in [-0.2, 0) is 42.9 Å². The number of carboxylic acid groups (broad SMARTS) is 1. The van der Waals surface area contributed by atoms with E-state index in [0.717, 1.165) is 25.0 Å². The molecule has 2 aliphatic heterocycles. The van der Waals surface area contributed by atoms with Crippen molar-refractivity contribution in [3.8, 4) is 0 Å². The first-order valence-corrected chi connectivity index (χ1v) is 20.0. The molecular weight excluding hydrogens is 729 g/mol. The van der Waals surface area contributed by atoms with Crippen LogP contribution in [0.3, 0.4) is 0 Å². The van der Waals surface area contributed by atoms with Gasteiger partial charge in [-0.05, 0) is 25.7 Å². The average molecular weight is 785 g/mol. The minimum absolute atomic E-state index is 0.0330. The molecule has 1 unspecified atom stereocenters. The number of aliphatic hydroxyl groups is 4. The Kier molecular flexibility index (Phi) is 22.7. The van der Waals surface area contributed by atoms with Gasteiger partial charge in [0.2, 0.25) is 23.6 Å². The smallest absolute Gasteiger partial charge is 0.364 e. The number of unbranched alkanes of at least 4 members (excludes halogenated alkanes) is 1. The monoisotopic (exact) mass is 784 g/mol. The van der Waals surface area contributed by atoms with Gasteiger partial charge in [-0.15, -0.1) is 0 Å². The van der Waals surface area contributed by atoms with Gasteiger partial charge >= 0.3 is 5.97 Å². The number of carbonyl (C=O) groups is 5. The summed E-state index contributed by atoms with van der Waals surface area (Å²) in [6.45, 7) is 2.00. The van der Waals surface area contributed by atoms with Crippen molar-refractivity contribution in [1.29, 1.82) is 0 Å². The lowest BCUT2D eigenvalue weighted by Gasteiger charge is -2.46. The molecule has 0 aromatic carbocycles. The van der Waals surface area contributed by atoms with Crippen LogP contribution < -0.4 is 21.3 Å². The van der Waals surface area contributed by atoms with E-state index >= 15 is 0 Å². The van der Waals surface area contributed by atoms with Gasteiger partial charge in [0.15, 0.2) is 0 Å². The normalized spacial score (nSPS) is 24.1. The molecule has 18 nitrogen and oxygen atoms in total. The fourth-order valence-electron chi connectivity index (χ4n) is 5.38. The minimum atomic E-state index is -2.46. The van der Waals surface area contributed by atoms with Crippen LogP contribution in [0.25, 0.3) is 0 Å². The summed E-state index contributed by atoms with van der Waals surface area (Å²) in [5.74, 6) is -4.22. The van der Waals surface area contributed by atoms with Crippen LogP contribution in [-0.4, -0.2) is 162 Å². The average Bonchev–Trinajstić information content (AvgIpc) is 3.63. The summed E-state index contributed by atoms with van der Waals surface area (Å²) in [6, 6.07) is -1.31. The first-order chi connectivity index (χ1) is 24.9. The second-order valence-corrected chi connectivity index (χ2v) is 15.2. The van der Waals surface area contributed by atoms with E-state index < -0.39 is 67.1 Å². The van der Waals surface area contributed by atoms with E-state index in [4.69, 9.17) is 18.9 Å². The van der Waals surface area contributed by atoms with Gasteiger partial charge in [-0.1, -0.05) is 28.0 Å². The predicted molar refractivity (Wildman–Crippen MR) is 190 cm³/mol. The fraction of sp³-hybridized carbons (Fsp3) is 0.844.